The highest BCUT2D eigenvalue weighted by atomic mass is 16.1. The minimum atomic E-state index is 0.0654. The van der Waals surface area contributed by atoms with Crippen molar-refractivity contribution in [2.24, 2.45) is 0 Å². The van der Waals surface area contributed by atoms with Crippen LogP contribution in [0.4, 0.5) is 5.82 Å². The number of aryl methyl sites for hydroxylation is 1. The molecule has 1 heterocycles. The minimum absolute atomic E-state index is 0.0654. The van der Waals surface area contributed by atoms with Crippen molar-refractivity contribution in [2.75, 3.05) is 5.32 Å². The Morgan fingerprint density at radius 3 is 2.82 bits per heavy atom. The van der Waals surface area contributed by atoms with E-state index in [9.17, 15) is 4.79 Å². The fourth-order valence-corrected chi connectivity index (χ4v) is 1.74. The summed E-state index contributed by atoms with van der Waals surface area (Å²) in [5.74, 6) is 0.713. The van der Waals surface area contributed by atoms with E-state index in [0.717, 1.165) is 31.4 Å². The highest BCUT2D eigenvalue weighted by Gasteiger charge is 2.05. The molecule has 0 aliphatic carbocycles. The van der Waals surface area contributed by atoms with Gasteiger partial charge in [-0.3, -0.25) is 9.89 Å². The van der Waals surface area contributed by atoms with Gasteiger partial charge in [0.25, 0.3) is 0 Å². The Bertz CT molecular complexity index is 333. The van der Waals surface area contributed by atoms with E-state index in [0.29, 0.717) is 12.2 Å². The molecule has 0 fully saturated rings. The van der Waals surface area contributed by atoms with Gasteiger partial charge < -0.3 is 5.32 Å². The summed E-state index contributed by atoms with van der Waals surface area (Å²) < 4.78 is 0. The van der Waals surface area contributed by atoms with Crippen molar-refractivity contribution in [3.8, 4) is 0 Å². The van der Waals surface area contributed by atoms with Crippen molar-refractivity contribution >= 4 is 11.7 Å². The molecule has 1 aromatic rings. The lowest BCUT2D eigenvalue weighted by Crippen LogP contribution is -2.11. The van der Waals surface area contributed by atoms with Crippen LogP contribution in [0.25, 0.3) is 0 Å². The molecule has 0 radical (unpaired) electrons. The molecule has 0 spiro atoms. The molecule has 0 saturated heterocycles. The maximum atomic E-state index is 11.6. The number of anilines is 1. The second-order valence-corrected chi connectivity index (χ2v) is 4.39. The summed E-state index contributed by atoms with van der Waals surface area (Å²) in [4.78, 5) is 11.6. The third kappa shape index (κ3) is 5.52. The number of hydrogen-bond donors (Lipinski definition) is 2. The molecule has 0 aliphatic rings. The standard InChI is InChI=1S/C13H23N3O/c1-3-5-6-7-9-13(17)14-12-10-11(8-4-2)15-16-12/h10H,3-9H2,1-2H3,(H2,14,15,16,17). The van der Waals surface area contributed by atoms with Gasteiger partial charge in [0.1, 0.15) is 0 Å². The first-order valence-corrected chi connectivity index (χ1v) is 6.60. The molecule has 4 nitrogen and oxygen atoms in total. The van der Waals surface area contributed by atoms with Crippen LogP contribution in [-0.4, -0.2) is 16.1 Å². The zero-order chi connectivity index (χ0) is 12.5. The van der Waals surface area contributed by atoms with Gasteiger partial charge in [-0.15, -0.1) is 0 Å². The van der Waals surface area contributed by atoms with E-state index in [-0.39, 0.29) is 5.91 Å². The van der Waals surface area contributed by atoms with Crippen LogP contribution in [0.3, 0.4) is 0 Å². The second kappa shape index (κ2) is 7.87. The Morgan fingerprint density at radius 1 is 1.29 bits per heavy atom. The highest BCUT2D eigenvalue weighted by molar-refractivity contribution is 5.89. The summed E-state index contributed by atoms with van der Waals surface area (Å²) in [5.41, 5.74) is 1.08. The molecular formula is C13H23N3O. The Morgan fingerprint density at radius 2 is 2.12 bits per heavy atom. The van der Waals surface area contributed by atoms with Crippen molar-refractivity contribution in [2.45, 2.75) is 58.8 Å². The van der Waals surface area contributed by atoms with E-state index in [1.54, 1.807) is 0 Å². The number of nitrogens with one attached hydrogen (secondary N) is 2. The fraction of sp³-hybridized carbons (Fsp3) is 0.692. The van der Waals surface area contributed by atoms with Gasteiger partial charge in [0.2, 0.25) is 5.91 Å². The summed E-state index contributed by atoms with van der Waals surface area (Å²) >= 11 is 0. The molecular weight excluding hydrogens is 214 g/mol. The SMILES string of the molecule is CCCCCCC(=O)Nc1cc(CCC)[nH]n1. The first-order chi connectivity index (χ1) is 8.26. The number of nitrogens with zero attached hydrogens (tertiary/aromatic N) is 1. The molecule has 0 saturated carbocycles. The monoisotopic (exact) mass is 237 g/mol. The normalized spacial score (nSPS) is 10.5. The maximum Gasteiger partial charge on any atom is 0.225 e. The Balaban J connectivity index is 2.24. The summed E-state index contributed by atoms with van der Waals surface area (Å²) in [6.45, 7) is 4.28. The molecule has 96 valence electrons. The first kappa shape index (κ1) is 13.7. The number of unbranched alkanes of at least 4 members (excludes halogenated alkanes) is 3. The van der Waals surface area contributed by atoms with Gasteiger partial charge in [-0.25, -0.2) is 0 Å². The average molecular weight is 237 g/mol. The van der Waals surface area contributed by atoms with Crippen LogP contribution in [0.15, 0.2) is 6.07 Å². The number of carbonyl (C=O) groups is 1. The van der Waals surface area contributed by atoms with Crippen LogP contribution >= 0.6 is 0 Å². The van der Waals surface area contributed by atoms with Crippen molar-refractivity contribution in [3.05, 3.63) is 11.8 Å². The molecule has 1 amide bonds. The third-order valence-electron chi connectivity index (χ3n) is 2.68. The third-order valence-corrected chi connectivity index (χ3v) is 2.68. The van der Waals surface area contributed by atoms with Crippen molar-refractivity contribution in [1.82, 2.24) is 10.2 Å². The van der Waals surface area contributed by atoms with Gasteiger partial charge in [-0.05, 0) is 12.8 Å². The number of H-pyrrole nitrogens is 1. The zero-order valence-corrected chi connectivity index (χ0v) is 10.9. The number of aromatic amines is 1. The van der Waals surface area contributed by atoms with E-state index < -0.39 is 0 Å². The van der Waals surface area contributed by atoms with Crippen molar-refractivity contribution in [1.29, 1.82) is 0 Å². The lowest BCUT2D eigenvalue weighted by Gasteiger charge is -2.00. The van der Waals surface area contributed by atoms with Crippen LogP contribution in [-0.2, 0) is 11.2 Å². The quantitative estimate of drug-likeness (QED) is 0.682. The Kier molecular flexibility index (Phi) is 6.37. The lowest BCUT2D eigenvalue weighted by atomic mass is 10.1. The predicted molar refractivity (Wildman–Crippen MR) is 70.0 cm³/mol. The zero-order valence-electron chi connectivity index (χ0n) is 10.9. The van der Waals surface area contributed by atoms with Gasteiger partial charge in [-0.1, -0.05) is 39.5 Å². The minimum Gasteiger partial charge on any atom is -0.309 e. The Labute approximate surface area is 103 Å². The summed E-state index contributed by atoms with van der Waals surface area (Å²) in [6.07, 6.45) is 7.14. The molecule has 1 aromatic heterocycles. The lowest BCUT2D eigenvalue weighted by molar-refractivity contribution is -0.116. The highest BCUT2D eigenvalue weighted by Crippen LogP contribution is 2.09. The summed E-state index contributed by atoms with van der Waals surface area (Å²) in [5, 5.41) is 9.80. The number of carbonyl (C=O) groups excluding carboxylic acids is 1. The van der Waals surface area contributed by atoms with Gasteiger partial charge >= 0.3 is 0 Å². The number of aromatic nitrogens is 2. The van der Waals surface area contributed by atoms with Crippen molar-refractivity contribution < 1.29 is 4.79 Å². The molecule has 1 rings (SSSR count). The Hall–Kier alpha value is -1.32. The number of hydrogen-bond acceptors (Lipinski definition) is 2. The van der Waals surface area contributed by atoms with Gasteiger partial charge in [0, 0.05) is 18.2 Å². The van der Waals surface area contributed by atoms with Crippen LogP contribution in [0, 0.1) is 0 Å². The van der Waals surface area contributed by atoms with E-state index in [1.807, 2.05) is 6.07 Å². The van der Waals surface area contributed by atoms with Crippen LogP contribution in [0.5, 0.6) is 0 Å². The van der Waals surface area contributed by atoms with Crippen LogP contribution in [0.2, 0.25) is 0 Å². The first-order valence-electron chi connectivity index (χ1n) is 6.60. The van der Waals surface area contributed by atoms with E-state index in [2.05, 4.69) is 29.4 Å². The molecule has 0 atom stereocenters. The molecule has 0 aromatic carbocycles. The van der Waals surface area contributed by atoms with Crippen LogP contribution in [0.1, 0.15) is 58.1 Å². The molecule has 2 N–H and O–H groups in total. The molecule has 0 bridgehead atoms. The van der Waals surface area contributed by atoms with Crippen molar-refractivity contribution in [3.63, 3.8) is 0 Å². The van der Waals surface area contributed by atoms with Gasteiger partial charge in [0.05, 0.1) is 0 Å². The summed E-state index contributed by atoms with van der Waals surface area (Å²) in [7, 11) is 0. The molecule has 0 aliphatic heterocycles. The molecule has 4 heteroatoms. The van der Waals surface area contributed by atoms with Gasteiger partial charge in [0.15, 0.2) is 5.82 Å². The largest absolute Gasteiger partial charge is 0.309 e. The maximum absolute atomic E-state index is 11.6. The van der Waals surface area contributed by atoms with E-state index in [1.165, 1.54) is 12.8 Å². The van der Waals surface area contributed by atoms with E-state index >= 15 is 0 Å². The number of rotatable bonds is 8. The smallest absolute Gasteiger partial charge is 0.225 e. The predicted octanol–water partition coefficient (Wildman–Crippen LogP) is 3.27. The van der Waals surface area contributed by atoms with Crippen LogP contribution < -0.4 is 5.32 Å². The average Bonchev–Trinajstić information content (AvgIpc) is 2.73. The van der Waals surface area contributed by atoms with E-state index in [4.69, 9.17) is 0 Å². The number of amides is 1. The van der Waals surface area contributed by atoms with Gasteiger partial charge in [-0.2, -0.15) is 5.10 Å². The topological polar surface area (TPSA) is 57.8 Å². The molecule has 0 unspecified atom stereocenters. The molecule has 17 heavy (non-hydrogen) atoms. The fourth-order valence-electron chi connectivity index (χ4n) is 1.74. The second-order valence-electron chi connectivity index (χ2n) is 4.39. The summed E-state index contributed by atoms with van der Waals surface area (Å²) in [6, 6.07) is 1.91.